The quantitative estimate of drug-likeness (QED) is 0.325. The number of rotatable bonds is 2. The van der Waals surface area contributed by atoms with Gasteiger partial charge in [-0.05, 0) is 36.5 Å². The monoisotopic (exact) mass is 592 g/mol. The van der Waals surface area contributed by atoms with Crippen LogP contribution in [0.5, 0.6) is 0 Å². The molecule has 0 radical (unpaired) electrons. The Morgan fingerprint density at radius 2 is 1.00 bits per heavy atom. The Morgan fingerprint density at radius 1 is 0.727 bits per heavy atom. The minimum atomic E-state index is -0.174. The van der Waals surface area contributed by atoms with E-state index in [0.717, 1.165) is 37.1 Å². The minimum absolute atomic E-state index is 0.0823. The molecule has 0 aromatic heterocycles. The molecule has 4 aliphatic carbocycles. The van der Waals surface area contributed by atoms with Crippen LogP contribution in [0.25, 0.3) is 0 Å². The van der Waals surface area contributed by atoms with E-state index in [0.29, 0.717) is 11.8 Å². The van der Waals surface area contributed by atoms with Gasteiger partial charge in [-0.25, -0.2) is 0 Å². The van der Waals surface area contributed by atoms with Gasteiger partial charge in [0.05, 0.1) is 0 Å². The number of Topliss-reactive ketones (excluding diaryl/α,β-unsaturated/α-hetero) is 2. The second kappa shape index (κ2) is 9.88. The molecule has 0 amide bonds. The number of halogens is 2. The molecule has 0 aliphatic heterocycles. The van der Waals surface area contributed by atoms with Crippen molar-refractivity contribution in [2.45, 2.75) is 67.2 Å². The molecule has 4 fully saturated rings. The zero-order valence-corrected chi connectivity index (χ0v) is 24.7. The molecular formula is C24H40Cl2N4O2Pd. The third-order valence-corrected chi connectivity index (χ3v) is 9.20. The van der Waals surface area contributed by atoms with Crippen molar-refractivity contribution in [3.63, 3.8) is 0 Å². The molecule has 4 bridgehead atoms. The second-order valence-electron chi connectivity index (χ2n) is 11.7. The van der Waals surface area contributed by atoms with Crippen LogP contribution in [0.1, 0.15) is 67.2 Å². The SMILES string of the molecule is CN(C)/N=C1\C(=O)[C@]2(C)CC[C@H]1C2(C)C.CN(C)/N=C1\C(=O)[C@]2(C)CC[C@H]1C2(C)C.[Cl][Pd][Cl]. The molecule has 0 aromatic rings. The Labute approximate surface area is 216 Å². The van der Waals surface area contributed by atoms with Gasteiger partial charge in [-0.2, -0.15) is 10.2 Å². The van der Waals surface area contributed by atoms with Crippen LogP contribution < -0.4 is 0 Å². The van der Waals surface area contributed by atoms with Gasteiger partial charge in [-0.1, -0.05) is 41.5 Å². The number of carbonyl (C=O) groups is 2. The Morgan fingerprint density at radius 3 is 1.18 bits per heavy atom. The van der Waals surface area contributed by atoms with Crippen LogP contribution in [0, 0.1) is 33.5 Å². The first kappa shape index (κ1) is 28.8. The predicted molar refractivity (Wildman–Crippen MR) is 133 cm³/mol. The molecule has 0 N–H and O–H groups in total. The molecule has 4 atom stereocenters. The van der Waals surface area contributed by atoms with Crippen molar-refractivity contribution in [1.29, 1.82) is 0 Å². The van der Waals surface area contributed by atoms with Crippen molar-refractivity contribution in [2.24, 2.45) is 43.7 Å². The maximum atomic E-state index is 12.3. The molecule has 4 aliphatic rings. The number of fused-ring (bicyclic) bond motifs is 4. The number of nitrogens with zero attached hydrogens (tertiary/aromatic N) is 4. The predicted octanol–water partition coefficient (Wildman–Crippen LogP) is 5.23. The maximum absolute atomic E-state index is 12.3. The first-order valence-electron chi connectivity index (χ1n) is 11.5. The third-order valence-electron chi connectivity index (χ3n) is 9.20. The van der Waals surface area contributed by atoms with E-state index in [2.05, 4.69) is 51.7 Å². The summed E-state index contributed by atoms with van der Waals surface area (Å²) in [6.07, 6.45) is 4.27. The van der Waals surface area contributed by atoms with Crippen molar-refractivity contribution in [3.05, 3.63) is 0 Å². The fourth-order valence-electron chi connectivity index (χ4n) is 6.31. The Kier molecular flexibility index (Phi) is 8.61. The van der Waals surface area contributed by atoms with Gasteiger partial charge in [0.15, 0.2) is 11.6 Å². The van der Waals surface area contributed by atoms with E-state index in [1.54, 1.807) is 10.0 Å². The average molecular weight is 594 g/mol. The van der Waals surface area contributed by atoms with Gasteiger partial charge in [-0.3, -0.25) is 9.59 Å². The number of hydrogen-bond donors (Lipinski definition) is 0. The van der Waals surface area contributed by atoms with E-state index in [1.807, 2.05) is 28.2 Å². The van der Waals surface area contributed by atoms with Crippen LogP contribution in [0.2, 0.25) is 0 Å². The van der Waals surface area contributed by atoms with Crippen LogP contribution in [0.3, 0.4) is 0 Å². The molecule has 0 heterocycles. The van der Waals surface area contributed by atoms with E-state index in [9.17, 15) is 9.59 Å². The summed E-state index contributed by atoms with van der Waals surface area (Å²) in [7, 11) is 17.1. The fourth-order valence-corrected chi connectivity index (χ4v) is 6.31. The molecule has 4 saturated carbocycles. The topological polar surface area (TPSA) is 65.3 Å². The molecule has 0 aromatic carbocycles. The third kappa shape index (κ3) is 4.57. The Balaban J connectivity index is 0.000000209. The summed E-state index contributed by atoms with van der Waals surface area (Å²) in [5.74, 6) is 1.27. The van der Waals surface area contributed by atoms with Crippen molar-refractivity contribution < 1.29 is 25.5 Å². The summed E-state index contributed by atoms with van der Waals surface area (Å²) in [5, 5.41) is 12.2. The van der Waals surface area contributed by atoms with Crippen LogP contribution in [-0.4, -0.2) is 61.2 Å². The van der Waals surface area contributed by atoms with Gasteiger partial charge in [-0.15, -0.1) is 0 Å². The van der Waals surface area contributed by atoms with E-state index in [4.69, 9.17) is 19.1 Å². The van der Waals surface area contributed by atoms with Crippen molar-refractivity contribution in [2.75, 3.05) is 28.2 Å². The summed E-state index contributed by atoms with van der Waals surface area (Å²) in [6, 6.07) is 0. The number of hydrazone groups is 2. The van der Waals surface area contributed by atoms with Gasteiger partial charge in [0.1, 0.15) is 11.4 Å². The normalized spacial score (nSPS) is 37.2. The second-order valence-corrected chi connectivity index (χ2v) is 14.0. The van der Waals surface area contributed by atoms with Gasteiger partial charge in [0.25, 0.3) is 0 Å². The molecule has 0 spiro atoms. The molecule has 33 heavy (non-hydrogen) atoms. The molecule has 6 nitrogen and oxygen atoms in total. The number of ketones is 2. The molecule has 0 saturated heterocycles. The summed E-state index contributed by atoms with van der Waals surface area (Å²) < 4.78 is 0. The van der Waals surface area contributed by atoms with E-state index >= 15 is 0 Å². The molecule has 0 unspecified atom stereocenters. The summed E-state index contributed by atoms with van der Waals surface area (Å²) in [6.45, 7) is 13.0. The summed E-state index contributed by atoms with van der Waals surface area (Å²) in [5.41, 5.74) is 1.43. The molecular weight excluding hydrogens is 554 g/mol. The number of hydrogen-bond acceptors (Lipinski definition) is 6. The van der Waals surface area contributed by atoms with Crippen molar-refractivity contribution in [3.8, 4) is 0 Å². The van der Waals surface area contributed by atoms with Gasteiger partial charge in [0, 0.05) is 50.9 Å². The van der Waals surface area contributed by atoms with Gasteiger partial charge < -0.3 is 10.0 Å². The summed E-state index contributed by atoms with van der Waals surface area (Å²) >= 11 is -0.106. The van der Waals surface area contributed by atoms with Gasteiger partial charge >= 0.3 is 35.0 Å². The molecule has 4 rings (SSSR count). The average Bonchev–Trinajstić information content (AvgIpc) is 3.16. The van der Waals surface area contributed by atoms with Crippen molar-refractivity contribution >= 4 is 42.0 Å². The molecule has 192 valence electrons. The van der Waals surface area contributed by atoms with Crippen LogP contribution in [-0.2, 0) is 25.5 Å². The zero-order valence-electron chi connectivity index (χ0n) is 21.7. The summed E-state index contributed by atoms with van der Waals surface area (Å²) in [4.78, 5) is 24.6. The Hall–Kier alpha value is -0.478. The van der Waals surface area contributed by atoms with E-state index in [-0.39, 0.29) is 49.2 Å². The van der Waals surface area contributed by atoms with E-state index < -0.39 is 0 Å². The Bertz CT molecular complexity index is 787. The van der Waals surface area contributed by atoms with Crippen molar-refractivity contribution in [1.82, 2.24) is 10.0 Å². The number of carbonyl (C=O) groups excluding carboxylic acids is 2. The first-order valence-corrected chi connectivity index (χ1v) is 15.5. The zero-order chi connectivity index (χ0) is 25.6. The first-order chi connectivity index (χ1) is 15.0. The van der Waals surface area contributed by atoms with Crippen LogP contribution in [0.4, 0.5) is 0 Å². The molecule has 9 heteroatoms. The van der Waals surface area contributed by atoms with E-state index in [1.165, 1.54) is 0 Å². The van der Waals surface area contributed by atoms with Gasteiger partial charge in [0.2, 0.25) is 0 Å². The van der Waals surface area contributed by atoms with Crippen LogP contribution in [0.15, 0.2) is 10.2 Å². The standard InChI is InChI=1S/2C12H20N2O.2ClH.Pd/c2*1-11(2)8-6-7-12(11,3)10(15)9(8)13-14(4)5;;;/h2*8H,6-7H2,1-5H3;2*1H;/q;;;;+2/p-2/b2*13-9-;;;/t2*8-,12+;;;/m11.../s1. The fraction of sp³-hybridized carbons (Fsp3) is 0.833. The van der Waals surface area contributed by atoms with Crippen LogP contribution >= 0.6 is 19.1 Å².